The van der Waals surface area contributed by atoms with Crippen molar-refractivity contribution < 1.29 is 14.7 Å². The Bertz CT molecular complexity index is 688. The fourth-order valence-electron chi connectivity index (χ4n) is 1.52. The fraction of sp³-hybridized carbons (Fsp3) is 0.154. The SMILES string of the molecule is O=C([O-])CCC(=O)Nc1nc(-c2ccc(Cl)c(Cl)c2)cs1. The molecule has 0 bridgehead atoms. The summed E-state index contributed by atoms with van der Waals surface area (Å²) < 4.78 is 0. The Kier molecular flexibility index (Phi) is 5.17. The molecule has 0 aliphatic rings. The van der Waals surface area contributed by atoms with E-state index in [0.717, 1.165) is 5.56 Å². The number of hydrogen-bond donors (Lipinski definition) is 1. The lowest BCUT2D eigenvalue weighted by atomic mass is 10.2. The highest BCUT2D eigenvalue weighted by atomic mass is 35.5. The molecular weight excluding hydrogens is 335 g/mol. The topological polar surface area (TPSA) is 82.1 Å². The first-order chi connectivity index (χ1) is 9.95. The van der Waals surface area contributed by atoms with E-state index in [9.17, 15) is 14.7 Å². The number of nitrogens with one attached hydrogen (secondary N) is 1. The highest BCUT2D eigenvalue weighted by Crippen LogP contribution is 2.30. The molecule has 5 nitrogen and oxygen atoms in total. The number of carboxylic acid groups (broad SMARTS) is 1. The van der Waals surface area contributed by atoms with Gasteiger partial charge in [-0.15, -0.1) is 11.3 Å². The lowest BCUT2D eigenvalue weighted by Crippen LogP contribution is -2.24. The van der Waals surface area contributed by atoms with Gasteiger partial charge in [-0.2, -0.15) is 0 Å². The van der Waals surface area contributed by atoms with Crippen LogP contribution in [-0.4, -0.2) is 16.9 Å². The first-order valence-electron chi connectivity index (χ1n) is 5.86. The molecular formula is C13H9Cl2N2O3S-. The summed E-state index contributed by atoms with van der Waals surface area (Å²) in [5, 5.41) is 15.8. The number of anilines is 1. The molecule has 1 heterocycles. The molecule has 0 saturated heterocycles. The fourth-order valence-corrected chi connectivity index (χ4v) is 2.55. The van der Waals surface area contributed by atoms with Gasteiger partial charge in [0, 0.05) is 23.3 Å². The zero-order valence-electron chi connectivity index (χ0n) is 10.6. The molecule has 0 aliphatic carbocycles. The van der Waals surface area contributed by atoms with Crippen LogP contribution in [-0.2, 0) is 9.59 Å². The van der Waals surface area contributed by atoms with E-state index in [1.807, 2.05) is 0 Å². The van der Waals surface area contributed by atoms with E-state index in [1.165, 1.54) is 11.3 Å². The first-order valence-corrected chi connectivity index (χ1v) is 7.50. The maximum Gasteiger partial charge on any atom is 0.226 e. The number of hydrogen-bond acceptors (Lipinski definition) is 5. The van der Waals surface area contributed by atoms with Gasteiger partial charge in [-0.1, -0.05) is 29.3 Å². The van der Waals surface area contributed by atoms with Gasteiger partial charge in [-0.25, -0.2) is 4.98 Å². The number of amides is 1. The normalized spacial score (nSPS) is 10.4. The Morgan fingerprint density at radius 1 is 1.24 bits per heavy atom. The average molecular weight is 344 g/mol. The Morgan fingerprint density at radius 3 is 2.67 bits per heavy atom. The summed E-state index contributed by atoms with van der Waals surface area (Å²) in [6, 6.07) is 5.11. The van der Waals surface area contributed by atoms with E-state index in [2.05, 4.69) is 10.3 Å². The van der Waals surface area contributed by atoms with Crippen LogP contribution in [0.4, 0.5) is 5.13 Å². The Hall–Kier alpha value is -1.63. The molecule has 1 N–H and O–H groups in total. The number of aliphatic carboxylic acids is 1. The van der Waals surface area contributed by atoms with Crippen LogP contribution in [0.5, 0.6) is 0 Å². The number of rotatable bonds is 5. The summed E-state index contributed by atoms with van der Waals surface area (Å²) in [5.74, 6) is -1.69. The summed E-state index contributed by atoms with van der Waals surface area (Å²) in [7, 11) is 0. The molecule has 1 aromatic heterocycles. The highest BCUT2D eigenvalue weighted by molar-refractivity contribution is 7.14. The van der Waals surface area contributed by atoms with Gasteiger partial charge in [-0.3, -0.25) is 4.79 Å². The minimum atomic E-state index is -1.26. The number of halogens is 2. The van der Waals surface area contributed by atoms with Gasteiger partial charge >= 0.3 is 0 Å². The molecule has 1 amide bonds. The van der Waals surface area contributed by atoms with Crippen LogP contribution in [0.1, 0.15) is 12.8 Å². The van der Waals surface area contributed by atoms with Crippen molar-refractivity contribution in [2.24, 2.45) is 0 Å². The maximum absolute atomic E-state index is 11.5. The van der Waals surface area contributed by atoms with E-state index in [0.29, 0.717) is 20.9 Å². The third-order valence-corrected chi connectivity index (χ3v) is 4.02. The van der Waals surface area contributed by atoms with Crippen LogP contribution in [0.3, 0.4) is 0 Å². The molecule has 110 valence electrons. The molecule has 0 saturated carbocycles. The Morgan fingerprint density at radius 2 is 2.00 bits per heavy atom. The molecule has 0 atom stereocenters. The Labute approximate surface area is 134 Å². The van der Waals surface area contributed by atoms with E-state index < -0.39 is 11.9 Å². The van der Waals surface area contributed by atoms with Crippen molar-refractivity contribution in [3.8, 4) is 11.3 Å². The number of aromatic nitrogens is 1. The predicted molar refractivity (Wildman–Crippen MR) is 80.4 cm³/mol. The van der Waals surface area contributed by atoms with Gasteiger partial charge < -0.3 is 15.2 Å². The number of benzene rings is 1. The molecule has 0 unspecified atom stereocenters. The number of carboxylic acids is 1. The lowest BCUT2D eigenvalue weighted by molar-refractivity contribution is -0.305. The second-order valence-corrected chi connectivity index (χ2v) is 5.76. The number of thiazole rings is 1. The maximum atomic E-state index is 11.5. The van der Waals surface area contributed by atoms with E-state index in [-0.39, 0.29) is 12.8 Å². The van der Waals surface area contributed by atoms with E-state index >= 15 is 0 Å². The molecule has 2 aromatic rings. The van der Waals surface area contributed by atoms with Crippen molar-refractivity contribution in [3.05, 3.63) is 33.6 Å². The summed E-state index contributed by atoms with van der Waals surface area (Å²) in [6.07, 6.45) is -0.471. The molecule has 2 rings (SSSR count). The minimum absolute atomic E-state index is 0.149. The monoisotopic (exact) mass is 343 g/mol. The van der Waals surface area contributed by atoms with Gasteiger partial charge in [0.05, 0.1) is 15.7 Å². The van der Waals surface area contributed by atoms with Crippen LogP contribution in [0, 0.1) is 0 Å². The molecule has 8 heteroatoms. The standard InChI is InChI=1S/C13H10Cl2N2O3S/c14-8-2-1-7(5-9(8)15)10-6-21-13(16-10)17-11(18)3-4-12(19)20/h1-2,5-6H,3-4H2,(H,19,20)(H,16,17,18)/p-1. The number of carbonyl (C=O) groups excluding carboxylic acids is 2. The second kappa shape index (κ2) is 6.89. The Balaban J connectivity index is 2.05. The quantitative estimate of drug-likeness (QED) is 0.904. The van der Waals surface area contributed by atoms with Crippen LogP contribution in [0.15, 0.2) is 23.6 Å². The number of nitrogens with zero attached hydrogens (tertiary/aromatic N) is 1. The zero-order chi connectivity index (χ0) is 15.4. The van der Waals surface area contributed by atoms with E-state index in [1.54, 1.807) is 23.6 Å². The van der Waals surface area contributed by atoms with Gasteiger partial charge in [0.15, 0.2) is 5.13 Å². The molecule has 0 aliphatic heterocycles. The summed E-state index contributed by atoms with van der Waals surface area (Å²) >= 11 is 13.0. The van der Waals surface area contributed by atoms with Gasteiger partial charge in [0.2, 0.25) is 5.91 Å². The molecule has 0 spiro atoms. The lowest BCUT2D eigenvalue weighted by Gasteiger charge is -2.02. The molecule has 1 aromatic carbocycles. The van der Waals surface area contributed by atoms with Crippen molar-refractivity contribution in [1.29, 1.82) is 0 Å². The predicted octanol–water partition coefficient (Wildman–Crippen LogP) is 2.59. The van der Waals surface area contributed by atoms with Crippen LogP contribution >= 0.6 is 34.5 Å². The molecule has 21 heavy (non-hydrogen) atoms. The van der Waals surface area contributed by atoms with E-state index in [4.69, 9.17) is 23.2 Å². The van der Waals surface area contributed by atoms with Crippen LogP contribution < -0.4 is 10.4 Å². The van der Waals surface area contributed by atoms with Crippen LogP contribution in [0.2, 0.25) is 10.0 Å². The van der Waals surface area contributed by atoms with Crippen molar-refractivity contribution in [2.45, 2.75) is 12.8 Å². The zero-order valence-corrected chi connectivity index (χ0v) is 12.9. The summed E-state index contributed by atoms with van der Waals surface area (Å²) in [6.45, 7) is 0. The average Bonchev–Trinajstić information content (AvgIpc) is 2.88. The third kappa shape index (κ3) is 4.42. The van der Waals surface area contributed by atoms with Crippen LogP contribution in [0.25, 0.3) is 11.3 Å². The van der Waals surface area contributed by atoms with Crippen molar-refractivity contribution in [2.75, 3.05) is 5.32 Å². The summed E-state index contributed by atoms with van der Waals surface area (Å²) in [5.41, 5.74) is 1.42. The second-order valence-electron chi connectivity index (χ2n) is 4.09. The van der Waals surface area contributed by atoms with Gasteiger partial charge in [0.1, 0.15) is 0 Å². The number of carbonyl (C=O) groups is 2. The van der Waals surface area contributed by atoms with Gasteiger partial charge in [-0.05, 0) is 18.6 Å². The van der Waals surface area contributed by atoms with Crippen molar-refractivity contribution >= 4 is 51.5 Å². The largest absolute Gasteiger partial charge is 0.550 e. The smallest absolute Gasteiger partial charge is 0.226 e. The molecule has 0 radical (unpaired) electrons. The van der Waals surface area contributed by atoms with Gasteiger partial charge in [0.25, 0.3) is 0 Å². The summed E-state index contributed by atoms with van der Waals surface area (Å²) in [4.78, 5) is 26.0. The van der Waals surface area contributed by atoms with Crippen molar-refractivity contribution in [3.63, 3.8) is 0 Å². The minimum Gasteiger partial charge on any atom is -0.550 e. The van der Waals surface area contributed by atoms with Crippen molar-refractivity contribution in [1.82, 2.24) is 4.98 Å². The first kappa shape index (κ1) is 15.8. The molecule has 0 fully saturated rings. The third-order valence-electron chi connectivity index (χ3n) is 2.52. The highest BCUT2D eigenvalue weighted by Gasteiger charge is 2.09.